The number of benzene rings is 1. The van der Waals surface area contributed by atoms with Gasteiger partial charge in [0.2, 0.25) is 0 Å². The molecular formula is C15H22FN3O. The predicted molar refractivity (Wildman–Crippen MR) is 78.3 cm³/mol. The second-order valence-corrected chi connectivity index (χ2v) is 6.05. The normalized spacial score (nSPS) is 17.1. The molecule has 1 N–H and O–H groups in total. The number of urea groups is 1. The first-order chi connectivity index (χ1) is 9.38. The Morgan fingerprint density at radius 1 is 1.15 bits per heavy atom. The Morgan fingerprint density at radius 3 is 2.30 bits per heavy atom. The number of carbonyl (C=O) groups is 1. The van der Waals surface area contributed by atoms with E-state index in [-0.39, 0.29) is 17.3 Å². The van der Waals surface area contributed by atoms with Crippen LogP contribution in [-0.2, 0) is 0 Å². The fourth-order valence-electron chi connectivity index (χ4n) is 2.34. The molecule has 0 aliphatic carbocycles. The van der Waals surface area contributed by atoms with Crippen molar-refractivity contribution in [1.82, 2.24) is 9.80 Å². The number of rotatable bonds is 1. The predicted octanol–water partition coefficient (Wildman–Crippen LogP) is 2.77. The molecule has 1 aliphatic heterocycles. The zero-order chi connectivity index (χ0) is 14.8. The Morgan fingerprint density at radius 2 is 1.75 bits per heavy atom. The van der Waals surface area contributed by atoms with Gasteiger partial charge in [-0.15, -0.1) is 0 Å². The second-order valence-electron chi connectivity index (χ2n) is 6.05. The molecule has 0 saturated carbocycles. The van der Waals surface area contributed by atoms with Crippen LogP contribution in [-0.4, -0.2) is 47.5 Å². The number of halogens is 1. The number of hydrogen-bond acceptors (Lipinski definition) is 2. The van der Waals surface area contributed by atoms with Gasteiger partial charge in [-0.1, -0.05) is 12.1 Å². The summed E-state index contributed by atoms with van der Waals surface area (Å²) in [4.78, 5) is 16.2. The van der Waals surface area contributed by atoms with Crippen molar-refractivity contribution in [3.05, 3.63) is 30.1 Å². The zero-order valence-electron chi connectivity index (χ0n) is 12.3. The SMILES string of the molecule is CC(C)(C)N1CCN(C(=O)Nc2ccccc2F)CC1. The first-order valence-electron chi connectivity index (χ1n) is 6.93. The molecule has 0 aromatic heterocycles. The number of anilines is 1. The van der Waals surface area contributed by atoms with Crippen LogP contribution in [0.4, 0.5) is 14.9 Å². The number of nitrogens with one attached hydrogen (secondary N) is 1. The van der Waals surface area contributed by atoms with Crippen LogP contribution in [0.5, 0.6) is 0 Å². The smallest absolute Gasteiger partial charge is 0.322 e. The Bertz CT molecular complexity index is 476. The van der Waals surface area contributed by atoms with Crippen LogP contribution in [0.15, 0.2) is 24.3 Å². The van der Waals surface area contributed by atoms with Gasteiger partial charge in [-0.2, -0.15) is 0 Å². The topological polar surface area (TPSA) is 35.6 Å². The summed E-state index contributed by atoms with van der Waals surface area (Å²) < 4.78 is 13.5. The van der Waals surface area contributed by atoms with Gasteiger partial charge in [0.25, 0.3) is 0 Å². The Balaban J connectivity index is 1.91. The highest BCUT2D eigenvalue weighted by atomic mass is 19.1. The van der Waals surface area contributed by atoms with Gasteiger partial charge in [0, 0.05) is 31.7 Å². The van der Waals surface area contributed by atoms with E-state index in [0.29, 0.717) is 13.1 Å². The third kappa shape index (κ3) is 3.48. The molecule has 0 bridgehead atoms. The Labute approximate surface area is 119 Å². The maximum Gasteiger partial charge on any atom is 0.322 e. The third-order valence-corrected chi connectivity index (χ3v) is 3.63. The van der Waals surface area contributed by atoms with E-state index in [1.165, 1.54) is 6.07 Å². The number of hydrogen-bond donors (Lipinski definition) is 1. The van der Waals surface area contributed by atoms with Gasteiger partial charge >= 0.3 is 6.03 Å². The first kappa shape index (κ1) is 14.8. The van der Waals surface area contributed by atoms with Crippen molar-refractivity contribution in [3.8, 4) is 0 Å². The lowest BCUT2D eigenvalue weighted by Crippen LogP contribution is -2.55. The molecule has 1 fully saturated rings. The van der Waals surface area contributed by atoms with Crippen LogP contribution in [0.2, 0.25) is 0 Å². The van der Waals surface area contributed by atoms with Crippen LogP contribution < -0.4 is 5.32 Å². The summed E-state index contributed by atoms with van der Waals surface area (Å²) in [7, 11) is 0. The van der Waals surface area contributed by atoms with Crippen LogP contribution in [0, 0.1) is 5.82 Å². The molecule has 1 aliphatic rings. The minimum Gasteiger partial charge on any atom is -0.322 e. The molecule has 4 nitrogen and oxygen atoms in total. The van der Waals surface area contributed by atoms with Gasteiger partial charge in [0.1, 0.15) is 5.82 Å². The van der Waals surface area contributed by atoms with Crippen molar-refractivity contribution in [2.45, 2.75) is 26.3 Å². The zero-order valence-corrected chi connectivity index (χ0v) is 12.3. The largest absolute Gasteiger partial charge is 0.322 e. The third-order valence-electron chi connectivity index (χ3n) is 3.63. The monoisotopic (exact) mass is 279 g/mol. The first-order valence-corrected chi connectivity index (χ1v) is 6.93. The van der Waals surface area contributed by atoms with E-state index >= 15 is 0 Å². The minimum absolute atomic E-state index is 0.119. The van der Waals surface area contributed by atoms with Gasteiger partial charge in [-0.3, -0.25) is 4.90 Å². The van der Waals surface area contributed by atoms with E-state index in [1.54, 1.807) is 23.1 Å². The molecule has 1 aromatic carbocycles. The van der Waals surface area contributed by atoms with Crippen molar-refractivity contribution in [3.63, 3.8) is 0 Å². The molecule has 1 aromatic rings. The number of amides is 2. The fourth-order valence-corrected chi connectivity index (χ4v) is 2.34. The van der Waals surface area contributed by atoms with Crippen molar-refractivity contribution < 1.29 is 9.18 Å². The molecule has 2 amide bonds. The van der Waals surface area contributed by atoms with E-state index in [4.69, 9.17) is 0 Å². The molecule has 2 rings (SSSR count). The molecule has 0 radical (unpaired) electrons. The van der Waals surface area contributed by atoms with Gasteiger partial charge in [-0.25, -0.2) is 9.18 Å². The second kappa shape index (κ2) is 5.79. The van der Waals surface area contributed by atoms with Crippen LogP contribution in [0.3, 0.4) is 0 Å². The lowest BCUT2D eigenvalue weighted by Gasteiger charge is -2.42. The molecule has 110 valence electrons. The van der Waals surface area contributed by atoms with Gasteiger partial charge in [-0.05, 0) is 32.9 Å². The van der Waals surface area contributed by atoms with E-state index < -0.39 is 5.82 Å². The Kier molecular flexibility index (Phi) is 4.28. The van der Waals surface area contributed by atoms with Crippen LogP contribution in [0.25, 0.3) is 0 Å². The Hall–Kier alpha value is -1.62. The van der Waals surface area contributed by atoms with Crippen molar-refractivity contribution in [2.24, 2.45) is 0 Å². The van der Waals surface area contributed by atoms with E-state index in [0.717, 1.165) is 13.1 Å². The van der Waals surface area contributed by atoms with Gasteiger partial charge in [0.05, 0.1) is 5.69 Å². The van der Waals surface area contributed by atoms with Gasteiger partial charge in [0.15, 0.2) is 0 Å². The lowest BCUT2D eigenvalue weighted by atomic mass is 10.1. The number of para-hydroxylation sites is 1. The lowest BCUT2D eigenvalue weighted by molar-refractivity contribution is 0.0774. The number of carbonyl (C=O) groups excluding carboxylic acids is 1. The van der Waals surface area contributed by atoms with E-state index in [2.05, 4.69) is 31.0 Å². The molecule has 1 saturated heterocycles. The molecular weight excluding hydrogens is 257 g/mol. The van der Waals surface area contributed by atoms with E-state index in [9.17, 15) is 9.18 Å². The standard InChI is InChI=1S/C15H22FN3O/c1-15(2,3)19-10-8-18(9-11-19)14(20)17-13-7-5-4-6-12(13)16/h4-7H,8-11H2,1-3H3,(H,17,20). The van der Waals surface area contributed by atoms with Crippen molar-refractivity contribution in [2.75, 3.05) is 31.5 Å². The summed E-state index contributed by atoms with van der Waals surface area (Å²) in [6.45, 7) is 9.52. The molecule has 0 atom stereocenters. The minimum atomic E-state index is -0.408. The van der Waals surface area contributed by atoms with Crippen molar-refractivity contribution in [1.29, 1.82) is 0 Å². The maximum atomic E-state index is 13.5. The summed E-state index contributed by atoms with van der Waals surface area (Å²) in [5, 5.41) is 2.63. The summed E-state index contributed by atoms with van der Waals surface area (Å²) >= 11 is 0. The summed E-state index contributed by atoms with van der Waals surface area (Å²) in [5.41, 5.74) is 0.351. The molecule has 0 spiro atoms. The molecule has 1 heterocycles. The molecule has 5 heteroatoms. The molecule has 20 heavy (non-hydrogen) atoms. The number of nitrogens with zero attached hydrogens (tertiary/aromatic N) is 2. The average molecular weight is 279 g/mol. The highest BCUT2D eigenvalue weighted by molar-refractivity contribution is 5.89. The van der Waals surface area contributed by atoms with Crippen LogP contribution in [0.1, 0.15) is 20.8 Å². The summed E-state index contributed by atoms with van der Waals surface area (Å²) in [6, 6.07) is 5.98. The summed E-state index contributed by atoms with van der Waals surface area (Å²) in [6.07, 6.45) is 0. The average Bonchev–Trinajstić information content (AvgIpc) is 2.40. The highest BCUT2D eigenvalue weighted by Crippen LogP contribution is 2.17. The van der Waals surface area contributed by atoms with E-state index in [1.807, 2.05) is 0 Å². The van der Waals surface area contributed by atoms with Crippen molar-refractivity contribution >= 4 is 11.7 Å². The fraction of sp³-hybridized carbons (Fsp3) is 0.533. The number of piperazine rings is 1. The van der Waals surface area contributed by atoms with Gasteiger partial charge < -0.3 is 10.2 Å². The van der Waals surface area contributed by atoms with Crippen LogP contribution >= 0.6 is 0 Å². The summed E-state index contributed by atoms with van der Waals surface area (Å²) in [5.74, 6) is -0.408. The quantitative estimate of drug-likeness (QED) is 0.858. The maximum absolute atomic E-state index is 13.5. The highest BCUT2D eigenvalue weighted by Gasteiger charge is 2.27. The molecule has 0 unspecified atom stereocenters.